The molecule has 1 aromatic heterocycles. The van der Waals surface area contributed by atoms with Crippen LogP contribution in [0.2, 0.25) is 0 Å². The first-order chi connectivity index (χ1) is 9.48. The third-order valence-electron chi connectivity index (χ3n) is 4.01. The molecule has 1 saturated carbocycles. The summed E-state index contributed by atoms with van der Waals surface area (Å²) in [6.45, 7) is 4.36. The van der Waals surface area contributed by atoms with Gasteiger partial charge in [0.2, 0.25) is 0 Å². The van der Waals surface area contributed by atoms with Gasteiger partial charge in [-0.1, -0.05) is 33.1 Å². The molecule has 2 N–H and O–H groups in total. The van der Waals surface area contributed by atoms with Crippen LogP contribution < -0.4 is 5.73 Å². The lowest BCUT2D eigenvalue weighted by Gasteiger charge is -2.34. The SMILES string of the molecule is COC1(c2nc(N)c(Br)c(CC(C)C)n2)CCCCC1. The highest BCUT2D eigenvalue weighted by molar-refractivity contribution is 9.10. The lowest BCUT2D eigenvalue weighted by atomic mass is 9.84. The van der Waals surface area contributed by atoms with Crippen LogP contribution in [0.1, 0.15) is 57.5 Å². The van der Waals surface area contributed by atoms with E-state index in [2.05, 4.69) is 34.8 Å². The van der Waals surface area contributed by atoms with Gasteiger partial charge >= 0.3 is 0 Å². The number of hydrogen-bond donors (Lipinski definition) is 1. The molecule has 1 aliphatic rings. The van der Waals surface area contributed by atoms with E-state index in [1.54, 1.807) is 7.11 Å². The molecule has 0 amide bonds. The number of hydrogen-bond acceptors (Lipinski definition) is 4. The van der Waals surface area contributed by atoms with Gasteiger partial charge < -0.3 is 10.5 Å². The molecule has 1 heterocycles. The predicted molar refractivity (Wildman–Crippen MR) is 84.5 cm³/mol. The molecule has 1 aromatic rings. The Labute approximate surface area is 129 Å². The highest BCUT2D eigenvalue weighted by Gasteiger charge is 2.37. The maximum atomic E-state index is 6.06. The zero-order chi connectivity index (χ0) is 14.8. The first kappa shape index (κ1) is 15.7. The minimum Gasteiger partial charge on any atom is -0.383 e. The molecule has 0 aromatic carbocycles. The molecule has 2 rings (SSSR count). The minimum atomic E-state index is -0.348. The van der Waals surface area contributed by atoms with Gasteiger partial charge in [0.05, 0.1) is 10.2 Å². The highest BCUT2D eigenvalue weighted by atomic mass is 79.9. The summed E-state index contributed by atoms with van der Waals surface area (Å²) in [6.07, 6.45) is 6.42. The summed E-state index contributed by atoms with van der Waals surface area (Å²) in [4.78, 5) is 9.28. The summed E-state index contributed by atoms with van der Waals surface area (Å²) < 4.78 is 6.65. The number of aromatic nitrogens is 2. The third kappa shape index (κ3) is 3.14. The summed E-state index contributed by atoms with van der Waals surface area (Å²) in [5.41, 5.74) is 6.71. The molecule has 1 fully saturated rings. The Hall–Kier alpha value is -0.680. The van der Waals surface area contributed by atoms with Crippen LogP contribution in [0.3, 0.4) is 0 Å². The second-order valence-corrected chi connectivity index (χ2v) is 6.84. The fourth-order valence-electron chi connectivity index (χ4n) is 2.88. The Morgan fingerprint density at radius 1 is 1.25 bits per heavy atom. The first-order valence-corrected chi connectivity index (χ1v) is 8.15. The summed E-state index contributed by atoms with van der Waals surface area (Å²) >= 11 is 3.52. The van der Waals surface area contributed by atoms with Gasteiger partial charge in [0.1, 0.15) is 11.4 Å². The van der Waals surface area contributed by atoms with E-state index in [4.69, 9.17) is 15.5 Å². The maximum absolute atomic E-state index is 6.06. The van der Waals surface area contributed by atoms with Gasteiger partial charge in [-0.15, -0.1) is 0 Å². The Kier molecular flexibility index (Phi) is 5.02. The molecule has 1 aliphatic carbocycles. The van der Waals surface area contributed by atoms with E-state index in [1.165, 1.54) is 6.42 Å². The lowest BCUT2D eigenvalue weighted by Crippen LogP contribution is -2.34. The average Bonchev–Trinajstić information content (AvgIpc) is 2.44. The molecule has 112 valence electrons. The number of nitrogens with zero attached hydrogens (tertiary/aromatic N) is 2. The van der Waals surface area contributed by atoms with Crippen molar-refractivity contribution in [1.82, 2.24) is 9.97 Å². The fraction of sp³-hybridized carbons (Fsp3) is 0.733. The van der Waals surface area contributed by atoms with E-state index in [0.717, 1.165) is 48.1 Å². The van der Waals surface area contributed by atoms with Gasteiger partial charge in [0.25, 0.3) is 0 Å². The van der Waals surface area contributed by atoms with Crippen molar-refractivity contribution in [3.8, 4) is 0 Å². The van der Waals surface area contributed by atoms with E-state index in [9.17, 15) is 0 Å². The van der Waals surface area contributed by atoms with Gasteiger partial charge in [0.15, 0.2) is 5.82 Å². The Balaban J connectivity index is 2.42. The molecule has 0 spiro atoms. The van der Waals surface area contributed by atoms with Crippen LogP contribution in [-0.4, -0.2) is 17.1 Å². The highest BCUT2D eigenvalue weighted by Crippen LogP contribution is 2.39. The average molecular weight is 342 g/mol. The molecule has 4 nitrogen and oxygen atoms in total. The smallest absolute Gasteiger partial charge is 0.162 e. The van der Waals surface area contributed by atoms with Gasteiger partial charge in [0, 0.05) is 7.11 Å². The zero-order valence-electron chi connectivity index (χ0n) is 12.6. The number of nitrogen functional groups attached to an aromatic ring is 1. The molecular formula is C15H24BrN3O. The largest absolute Gasteiger partial charge is 0.383 e. The van der Waals surface area contributed by atoms with Crippen molar-refractivity contribution in [3.63, 3.8) is 0 Å². The Morgan fingerprint density at radius 2 is 1.90 bits per heavy atom. The standard InChI is InChI=1S/C15H24BrN3O/c1-10(2)9-11-12(16)13(17)19-14(18-11)15(20-3)7-5-4-6-8-15/h10H,4-9H2,1-3H3,(H2,17,18,19). The van der Waals surface area contributed by atoms with E-state index in [-0.39, 0.29) is 5.60 Å². The molecule has 0 aliphatic heterocycles. The molecule has 0 atom stereocenters. The van der Waals surface area contributed by atoms with Crippen LogP contribution in [0.5, 0.6) is 0 Å². The number of methoxy groups -OCH3 is 1. The van der Waals surface area contributed by atoms with Crippen LogP contribution in [0.25, 0.3) is 0 Å². The molecule has 5 heteroatoms. The number of ether oxygens (including phenoxy) is 1. The van der Waals surface area contributed by atoms with Crippen LogP contribution in [-0.2, 0) is 16.8 Å². The molecule has 0 saturated heterocycles. The van der Waals surface area contributed by atoms with Crippen LogP contribution >= 0.6 is 15.9 Å². The third-order valence-corrected chi connectivity index (χ3v) is 4.87. The van der Waals surface area contributed by atoms with Gasteiger partial charge in [-0.2, -0.15) is 0 Å². The first-order valence-electron chi connectivity index (χ1n) is 7.36. The van der Waals surface area contributed by atoms with Crippen LogP contribution in [0, 0.1) is 5.92 Å². The number of rotatable bonds is 4. The predicted octanol–water partition coefficient (Wildman–Crippen LogP) is 3.83. The second kappa shape index (κ2) is 6.39. The summed E-state index contributed by atoms with van der Waals surface area (Å²) in [5, 5.41) is 0. The van der Waals surface area contributed by atoms with Crippen molar-refractivity contribution in [1.29, 1.82) is 0 Å². The zero-order valence-corrected chi connectivity index (χ0v) is 14.2. The van der Waals surface area contributed by atoms with Crippen molar-refractivity contribution in [2.24, 2.45) is 5.92 Å². The number of nitrogens with two attached hydrogens (primary N) is 1. The summed E-state index contributed by atoms with van der Waals surface area (Å²) in [6, 6.07) is 0. The van der Waals surface area contributed by atoms with Crippen molar-refractivity contribution >= 4 is 21.7 Å². The quantitative estimate of drug-likeness (QED) is 0.903. The lowest BCUT2D eigenvalue weighted by molar-refractivity contribution is -0.0515. The van der Waals surface area contributed by atoms with Crippen LogP contribution in [0.15, 0.2) is 4.47 Å². The summed E-state index contributed by atoms with van der Waals surface area (Å²) in [5.74, 6) is 1.81. The molecule has 0 bridgehead atoms. The minimum absolute atomic E-state index is 0.348. The van der Waals surface area contributed by atoms with Gasteiger partial charge in [-0.25, -0.2) is 9.97 Å². The normalized spacial score (nSPS) is 18.4. The molecule has 0 radical (unpaired) electrons. The summed E-state index contributed by atoms with van der Waals surface area (Å²) in [7, 11) is 1.76. The monoisotopic (exact) mass is 341 g/mol. The fourth-order valence-corrected chi connectivity index (χ4v) is 3.22. The maximum Gasteiger partial charge on any atom is 0.162 e. The van der Waals surface area contributed by atoms with E-state index < -0.39 is 0 Å². The van der Waals surface area contributed by atoms with Crippen molar-refractivity contribution < 1.29 is 4.74 Å². The number of halogens is 1. The number of anilines is 1. The van der Waals surface area contributed by atoms with Crippen molar-refractivity contribution in [2.75, 3.05) is 12.8 Å². The molecule has 0 unspecified atom stereocenters. The van der Waals surface area contributed by atoms with E-state index >= 15 is 0 Å². The van der Waals surface area contributed by atoms with Crippen LogP contribution in [0.4, 0.5) is 5.82 Å². The second-order valence-electron chi connectivity index (χ2n) is 6.05. The Morgan fingerprint density at radius 3 is 2.45 bits per heavy atom. The van der Waals surface area contributed by atoms with Gasteiger partial charge in [-0.05, 0) is 41.1 Å². The molecular weight excluding hydrogens is 318 g/mol. The van der Waals surface area contributed by atoms with E-state index in [1.807, 2.05) is 0 Å². The molecule has 20 heavy (non-hydrogen) atoms. The van der Waals surface area contributed by atoms with Crippen molar-refractivity contribution in [2.45, 2.75) is 58.0 Å². The topological polar surface area (TPSA) is 61.0 Å². The van der Waals surface area contributed by atoms with E-state index in [0.29, 0.717) is 11.7 Å². The van der Waals surface area contributed by atoms with Gasteiger partial charge in [-0.3, -0.25) is 0 Å². The Bertz CT molecular complexity index is 470. The van der Waals surface area contributed by atoms with Crippen molar-refractivity contribution in [3.05, 3.63) is 16.0 Å².